The van der Waals surface area contributed by atoms with Crippen molar-refractivity contribution in [2.75, 3.05) is 0 Å². The number of benzene rings is 4. The Balaban J connectivity index is 0.000000188. The molecule has 0 unspecified atom stereocenters. The summed E-state index contributed by atoms with van der Waals surface area (Å²) in [6.45, 7) is 2.16. The Morgan fingerprint density at radius 3 is 2.03 bits per heavy atom. The summed E-state index contributed by atoms with van der Waals surface area (Å²) in [5, 5.41) is 0. The Kier molecular flexibility index (Phi) is 12.9. The average Bonchev–Trinajstić information content (AvgIpc) is 3.54. The molecule has 36 heavy (non-hydrogen) atoms. The Bertz CT molecular complexity index is 1270. The Morgan fingerprint density at radius 2 is 1.39 bits per heavy atom. The SMILES string of the molecule is C[C](=[Zr+2])c1ccccc1.[Cl-].[Cl-].[c-]1cccc2c1Cc1ccccc1-2.c1ccc(Cc2cc[cH-]c2)cc1. The monoisotopic (exact) mass is 584 g/mol. The summed E-state index contributed by atoms with van der Waals surface area (Å²) >= 11 is 1.51. The van der Waals surface area contributed by atoms with Crippen LogP contribution in [0.15, 0.2) is 127 Å². The van der Waals surface area contributed by atoms with Gasteiger partial charge in [0.15, 0.2) is 0 Å². The van der Waals surface area contributed by atoms with Crippen molar-refractivity contribution in [3.05, 3.63) is 161 Å². The molecule has 3 heteroatoms. The zero-order valence-electron chi connectivity index (χ0n) is 20.3. The van der Waals surface area contributed by atoms with Crippen molar-refractivity contribution >= 4 is 3.21 Å². The Morgan fingerprint density at radius 1 is 0.750 bits per heavy atom. The van der Waals surface area contributed by atoms with E-state index < -0.39 is 0 Å². The van der Waals surface area contributed by atoms with Crippen LogP contribution in [0.3, 0.4) is 0 Å². The Hall–Kier alpha value is -2.44. The van der Waals surface area contributed by atoms with E-state index in [-0.39, 0.29) is 24.8 Å². The van der Waals surface area contributed by atoms with Gasteiger partial charge in [-0.05, 0) is 6.42 Å². The average molecular weight is 587 g/mol. The molecule has 0 aliphatic heterocycles. The number of halogens is 2. The first-order valence-corrected chi connectivity index (χ1v) is 12.9. The van der Waals surface area contributed by atoms with Gasteiger partial charge < -0.3 is 24.8 Å². The molecule has 0 saturated carbocycles. The number of hydrogen-bond acceptors (Lipinski definition) is 0. The van der Waals surface area contributed by atoms with E-state index in [0.717, 1.165) is 12.8 Å². The zero-order chi connectivity index (χ0) is 23.6. The van der Waals surface area contributed by atoms with Gasteiger partial charge in [-0.3, -0.25) is 0 Å². The van der Waals surface area contributed by atoms with E-state index in [9.17, 15) is 0 Å². The number of hydrogen-bond donors (Lipinski definition) is 0. The molecule has 5 aromatic carbocycles. The number of rotatable bonds is 3. The molecule has 0 spiro atoms. The van der Waals surface area contributed by atoms with E-state index in [1.165, 1.54) is 66.4 Å². The van der Waals surface area contributed by atoms with E-state index in [0.29, 0.717) is 0 Å². The van der Waals surface area contributed by atoms with Crippen molar-refractivity contribution in [2.45, 2.75) is 19.8 Å². The third-order valence-corrected chi connectivity index (χ3v) is 6.52. The third kappa shape index (κ3) is 8.60. The maximum atomic E-state index is 3.30. The van der Waals surface area contributed by atoms with Crippen LogP contribution in [0.25, 0.3) is 11.1 Å². The van der Waals surface area contributed by atoms with Gasteiger partial charge in [0.2, 0.25) is 0 Å². The van der Waals surface area contributed by atoms with Crippen LogP contribution >= 0.6 is 0 Å². The predicted molar refractivity (Wildman–Crippen MR) is 141 cm³/mol. The first-order chi connectivity index (χ1) is 16.7. The fraction of sp³-hybridized carbons (Fsp3) is 0.0909. The van der Waals surface area contributed by atoms with Gasteiger partial charge in [0.25, 0.3) is 0 Å². The van der Waals surface area contributed by atoms with E-state index >= 15 is 0 Å². The quantitative estimate of drug-likeness (QED) is 0.278. The topological polar surface area (TPSA) is 0 Å². The maximum Gasteiger partial charge on any atom is -0.0253 e. The predicted octanol–water partition coefficient (Wildman–Crippen LogP) is 1.84. The molecule has 0 N–H and O–H groups in total. The normalized spacial score (nSPS) is 10.1. The molecule has 5 aromatic rings. The molecule has 0 fully saturated rings. The van der Waals surface area contributed by atoms with E-state index in [4.69, 9.17) is 0 Å². The molecule has 0 radical (unpaired) electrons. The molecule has 1 aliphatic carbocycles. The molecule has 1 aliphatic rings. The summed E-state index contributed by atoms with van der Waals surface area (Å²) in [5.74, 6) is 0. The van der Waals surface area contributed by atoms with Crippen molar-refractivity contribution < 1.29 is 49.0 Å². The second-order valence-corrected chi connectivity index (χ2v) is 10.2. The molecule has 0 heterocycles. The molecule has 0 aromatic heterocycles. The summed E-state index contributed by atoms with van der Waals surface area (Å²) in [6.07, 6.45) is 2.10. The second-order valence-electron chi connectivity index (χ2n) is 8.34. The van der Waals surface area contributed by atoms with E-state index in [1.807, 2.05) is 12.1 Å². The third-order valence-electron chi connectivity index (χ3n) is 5.81. The fourth-order valence-corrected chi connectivity index (χ4v) is 4.46. The van der Waals surface area contributed by atoms with Gasteiger partial charge in [-0.2, -0.15) is 53.6 Å². The van der Waals surface area contributed by atoms with Crippen LogP contribution in [0.2, 0.25) is 0 Å². The molecular weight excluding hydrogens is 558 g/mol. The molecule has 0 amide bonds. The minimum atomic E-state index is 0. The van der Waals surface area contributed by atoms with Crippen LogP contribution in [0, 0.1) is 6.07 Å². The molecular formula is C33H28Cl2Zr-2. The van der Waals surface area contributed by atoms with Gasteiger partial charge in [0.05, 0.1) is 0 Å². The first-order valence-electron chi connectivity index (χ1n) is 11.6. The van der Waals surface area contributed by atoms with Gasteiger partial charge >= 0.3 is 70.3 Å². The molecule has 0 bridgehead atoms. The van der Waals surface area contributed by atoms with Crippen LogP contribution in [0.5, 0.6) is 0 Å². The summed E-state index contributed by atoms with van der Waals surface area (Å²) < 4.78 is 1.46. The van der Waals surface area contributed by atoms with E-state index in [2.05, 4.69) is 128 Å². The second kappa shape index (κ2) is 15.6. The molecule has 6 rings (SSSR count). The fourth-order valence-electron chi connectivity index (χ4n) is 4.05. The van der Waals surface area contributed by atoms with Gasteiger partial charge in [-0.15, -0.1) is 5.56 Å². The summed E-state index contributed by atoms with van der Waals surface area (Å²) in [5.41, 5.74) is 9.65. The first kappa shape index (κ1) is 29.8. The van der Waals surface area contributed by atoms with Gasteiger partial charge in [-0.25, -0.2) is 6.07 Å². The molecule has 180 valence electrons. The largest absolute Gasteiger partial charge is 1.00 e. The van der Waals surface area contributed by atoms with Gasteiger partial charge in [-0.1, -0.05) is 77.7 Å². The minimum Gasteiger partial charge on any atom is -1.00 e. The van der Waals surface area contributed by atoms with Crippen LogP contribution in [-0.2, 0) is 37.1 Å². The van der Waals surface area contributed by atoms with Crippen molar-refractivity contribution in [2.24, 2.45) is 0 Å². The standard InChI is InChI=1S/C13H9.C12H11.C8H8.2ClH.Zr/c1-3-7-12-10(5-1)9-11-6-2-4-8-13(11)12;1-2-6-11(7-3-1)10-12-8-4-5-9-12;1-2-8-6-4-3-5-7-8;;;/h1-5,7-8H,9H2;1-9H,10H2;3-7H,1H3;2*1H;/q2*-1;;;;+2/p-2. The molecule has 0 atom stereocenters. The molecule has 0 nitrogen and oxygen atoms in total. The number of fused-ring (bicyclic) bond motifs is 3. The van der Waals surface area contributed by atoms with Crippen molar-refractivity contribution in [1.82, 2.24) is 0 Å². The Labute approximate surface area is 242 Å². The van der Waals surface area contributed by atoms with Crippen molar-refractivity contribution in [3.63, 3.8) is 0 Å². The van der Waals surface area contributed by atoms with Crippen LogP contribution in [0.1, 0.15) is 34.7 Å². The summed E-state index contributed by atoms with van der Waals surface area (Å²) in [4.78, 5) is 0. The summed E-state index contributed by atoms with van der Waals surface area (Å²) in [7, 11) is 0. The van der Waals surface area contributed by atoms with Crippen LogP contribution < -0.4 is 24.8 Å². The van der Waals surface area contributed by atoms with Crippen molar-refractivity contribution in [3.8, 4) is 11.1 Å². The van der Waals surface area contributed by atoms with Crippen LogP contribution in [0.4, 0.5) is 0 Å². The zero-order valence-corrected chi connectivity index (χ0v) is 24.3. The smallest absolute Gasteiger partial charge is 0.0253 e. The van der Waals surface area contributed by atoms with E-state index in [1.54, 1.807) is 0 Å². The van der Waals surface area contributed by atoms with Crippen LogP contribution in [-0.4, -0.2) is 3.21 Å². The minimum absolute atomic E-state index is 0. The maximum absolute atomic E-state index is 3.30. The summed E-state index contributed by atoms with van der Waals surface area (Å²) in [6, 6.07) is 47.6. The molecule has 0 saturated heterocycles. The van der Waals surface area contributed by atoms with Gasteiger partial charge in [0.1, 0.15) is 0 Å². The van der Waals surface area contributed by atoms with Crippen molar-refractivity contribution in [1.29, 1.82) is 0 Å². The van der Waals surface area contributed by atoms with Gasteiger partial charge in [0, 0.05) is 0 Å².